The summed E-state index contributed by atoms with van der Waals surface area (Å²) >= 11 is 0. The van der Waals surface area contributed by atoms with Crippen molar-refractivity contribution in [2.45, 2.75) is 33.2 Å². The molecule has 0 atom stereocenters. The van der Waals surface area contributed by atoms with Crippen LogP contribution in [0.2, 0.25) is 0 Å². The number of hydrogen-bond donors (Lipinski definition) is 2. The van der Waals surface area contributed by atoms with Gasteiger partial charge in [-0.25, -0.2) is 4.79 Å². The number of nitrogens with one attached hydrogen (secondary N) is 2. The highest BCUT2D eigenvalue weighted by Gasteiger charge is 2.23. The molecular formula is C21H24N4O. The Kier molecular flexibility index (Phi) is 5.78. The molecule has 0 saturated carbocycles. The van der Waals surface area contributed by atoms with E-state index < -0.39 is 5.54 Å². The van der Waals surface area contributed by atoms with Gasteiger partial charge in [-0.1, -0.05) is 24.3 Å². The van der Waals surface area contributed by atoms with Crippen molar-refractivity contribution < 1.29 is 4.79 Å². The molecule has 2 N–H and O–H groups in total. The highest BCUT2D eigenvalue weighted by molar-refractivity contribution is 5.98. The maximum atomic E-state index is 12.4. The molecule has 0 unspecified atom stereocenters. The SMILES string of the molecule is CN=C(C)c1cccc(C(C)(C)NC(=O)Nc2ccc(C)c(C#N)c2)c1. The summed E-state index contributed by atoms with van der Waals surface area (Å²) in [6.07, 6.45) is 0. The van der Waals surface area contributed by atoms with E-state index in [1.165, 1.54) is 0 Å². The summed E-state index contributed by atoms with van der Waals surface area (Å²) in [7, 11) is 1.76. The van der Waals surface area contributed by atoms with Gasteiger partial charge in [0.1, 0.15) is 0 Å². The van der Waals surface area contributed by atoms with Crippen LogP contribution in [0.3, 0.4) is 0 Å². The molecule has 5 nitrogen and oxygen atoms in total. The first-order valence-electron chi connectivity index (χ1n) is 8.41. The Morgan fingerprint density at radius 2 is 1.92 bits per heavy atom. The first-order valence-corrected chi connectivity index (χ1v) is 8.41. The van der Waals surface area contributed by atoms with Crippen LogP contribution in [0.25, 0.3) is 0 Å². The van der Waals surface area contributed by atoms with Gasteiger partial charge in [-0.15, -0.1) is 0 Å². The van der Waals surface area contributed by atoms with Crippen molar-refractivity contribution in [2.75, 3.05) is 12.4 Å². The topological polar surface area (TPSA) is 77.3 Å². The predicted octanol–water partition coefficient (Wildman–Crippen LogP) is 4.36. The Hall–Kier alpha value is -3.13. The van der Waals surface area contributed by atoms with Gasteiger partial charge in [-0.05, 0) is 62.6 Å². The maximum absolute atomic E-state index is 12.4. The van der Waals surface area contributed by atoms with Crippen LogP contribution < -0.4 is 10.6 Å². The summed E-state index contributed by atoms with van der Waals surface area (Å²) in [6, 6.07) is 15.0. The van der Waals surface area contributed by atoms with Gasteiger partial charge >= 0.3 is 6.03 Å². The molecule has 0 aliphatic rings. The first-order chi connectivity index (χ1) is 12.3. The Balaban J connectivity index is 2.16. The lowest BCUT2D eigenvalue weighted by Gasteiger charge is -2.27. The maximum Gasteiger partial charge on any atom is 0.319 e. The fourth-order valence-electron chi connectivity index (χ4n) is 2.60. The second kappa shape index (κ2) is 7.83. The van der Waals surface area contributed by atoms with Gasteiger partial charge in [0.2, 0.25) is 0 Å². The van der Waals surface area contributed by atoms with E-state index in [9.17, 15) is 4.79 Å². The molecule has 0 heterocycles. The molecule has 5 heteroatoms. The van der Waals surface area contributed by atoms with Gasteiger partial charge < -0.3 is 10.6 Å². The zero-order chi connectivity index (χ0) is 19.3. The zero-order valence-corrected chi connectivity index (χ0v) is 15.8. The molecule has 0 aliphatic heterocycles. The first kappa shape index (κ1) is 19.2. The fraction of sp³-hybridized carbons (Fsp3) is 0.286. The highest BCUT2D eigenvalue weighted by Crippen LogP contribution is 2.22. The molecule has 0 aromatic heterocycles. The van der Waals surface area contributed by atoms with Crippen molar-refractivity contribution >= 4 is 17.4 Å². The van der Waals surface area contributed by atoms with E-state index in [1.807, 2.05) is 58.0 Å². The zero-order valence-electron chi connectivity index (χ0n) is 15.8. The number of rotatable bonds is 4. The van der Waals surface area contributed by atoms with Gasteiger partial charge in [0, 0.05) is 18.4 Å². The van der Waals surface area contributed by atoms with Crippen molar-refractivity contribution in [1.29, 1.82) is 5.26 Å². The third-order valence-electron chi connectivity index (χ3n) is 4.38. The molecule has 0 saturated heterocycles. The van der Waals surface area contributed by atoms with Crippen LogP contribution >= 0.6 is 0 Å². The summed E-state index contributed by atoms with van der Waals surface area (Å²) in [5.74, 6) is 0. The van der Waals surface area contributed by atoms with Crippen molar-refractivity contribution in [3.63, 3.8) is 0 Å². The van der Waals surface area contributed by atoms with Gasteiger partial charge in [-0.2, -0.15) is 5.26 Å². The van der Waals surface area contributed by atoms with Crippen LogP contribution in [-0.4, -0.2) is 18.8 Å². The van der Waals surface area contributed by atoms with Gasteiger partial charge in [0.25, 0.3) is 0 Å². The summed E-state index contributed by atoms with van der Waals surface area (Å²) in [6.45, 7) is 7.70. The van der Waals surface area contributed by atoms with Crippen LogP contribution in [-0.2, 0) is 5.54 Å². The minimum Gasteiger partial charge on any atom is -0.329 e. The Labute approximate surface area is 154 Å². The molecule has 134 valence electrons. The lowest BCUT2D eigenvalue weighted by molar-refractivity contribution is 0.242. The fourth-order valence-corrected chi connectivity index (χ4v) is 2.60. The monoisotopic (exact) mass is 348 g/mol. The molecule has 0 radical (unpaired) electrons. The average Bonchev–Trinajstić information content (AvgIpc) is 2.62. The number of nitrogens with zero attached hydrogens (tertiary/aromatic N) is 2. The van der Waals surface area contributed by atoms with Crippen molar-refractivity contribution in [3.05, 3.63) is 64.7 Å². The number of urea groups is 1. The van der Waals surface area contributed by atoms with Crippen LogP contribution in [0, 0.1) is 18.3 Å². The second-order valence-corrected chi connectivity index (χ2v) is 6.74. The number of benzene rings is 2. The van der Waals surface area contributed by atoms with E-state index in [0.717, 1.165) is 22.4 Å². The number of carbonyl (C=O) groups is 1. The number of anilines is 1. The molecule has 2 rings (SSSR count). The lowest BCUT2D eigenvalue weighted by Crippen LogP contribution is -2.43. The quantitative estimate of drug-likeness (QED) is 0.805. The van der Waals surface area contributed by atoms with E-state index in [1.54, 1.807) is 19.2 Å². The second-order valence-electron chi connectivity index (χ2n) is 6.74. The van der Waals surface area contributed by atoms with Gasteiger partial charge in [0.05, 0.1) is 17.2 Å². The van der Waals surface area contributed by atoms with Crippen LogP contribution in [0.4, 0.5) is 10.5 Å². The molecule has 0 aliphatic carbocycles. The largest absolute Gasteiger partial charge is 0.329 e. The third-order valence-corrected chi connectivity index (χ3v) is 4.38. The van der Waals surface area contributed by atoms with Crippen LogP contribution in [0.15, 0.2) is 47.5 Å². The minimum atomic E-state index is -0.573. The summed E-state index contributed by atoms with van der Waals surface area (Å²) < 4.78 is 0. The molecule has 0 bridgehead atoms. The van der Waals surface area contributed by atoms with Gasteiger partial charge in [0.15, 0.2) is 0 Å². The summed E-state index contributed by atoms with van der Waals surface area (Å²) in [5, 5.41) is 14.9. The van der Waals surface area contributed by atoms with E-state index in [0.29, 0.717) is 11.3 Å². The third kappa shape index (κ3) is 4.48. The Morgan fingerprint density at radius 1 is 1.19 bits per heavy atom. The molecule has 0 spiro atoms. The van der Waals surface area contributed by atoms with Crippen LogP contribution in [0.5, 0.6) is 0 Å². The Morgan fingerprint density at radius 3 is 2.58 bits per heavy atom. The number of carbonyl (C=O) groups excluding carboxylic acids is 1. The molecule has 0 fully saturated rings. The number of nitriles is 1. The molecule has 26 heavy (non-hydrogen) atoms. The van der Waals surface area contributed by atoms with E-state index in [2.05, 4.69) is 21.7 Å². The normalized spacial score (nSPS) is 11.6. The standard InChI is InChI=1S/C21H24N4O/c1-14-9-10-19(12-17(14)13-22)24-20(26)25-21(3,4)18-8-6-7-16(11-18)15(2)23-5/h6-12H,1-5H3,(H2,24,25,26). The van der Waals surface area contributed by atoms with E-state index in [-0.39, 0.29) is 6.03 Å². The Bertz CT molecular complexity index is 891. The summed E-state index contributed by atoms with van der Waals surface area (Å²) in [5.41, 5.74) is 4.38. The summed E-state index contributed by atoms with van der Waals surface area (Å²) in [4.78, 5) is 16.6. The molecule has 2 amide bonds. The number of aryl methyl sites for hydroxylation is 1. The highest BCUT2D eigenvalue weighted by atomic mass is 16.2. The van der Waals surface area contributed by atoms with Gasteiger partial charge in [-0.3, -0.25) is 4.99 Å². The lowest BCUT2D eigenvalue weighted by atomic mass is 9.92. The average molecular weight is 348 g/mol. The van der Waals surface area contributed by atoms with E-state index >= 15 is 0 Å². The number of aliphatic imine (C=N–C) groups is 1. The van der Waals surface area contributed by atoms with Crippen molar-refractivity contribution in [3.8, 4) is 6.07 Å². The van der Waals surface area contributed by atoms with Crippen molar-refractivity contribution in [2.24, 2.45) is 4.99 Å². The van der Waals surface area contributed by atoms with Crippen LogP contribution in [0.1, 0.15) is 43.0 Å². The molecule has 2 aromatic rings. The predicted molar refractivity (Wildman–Crippen MR) is 106 cm³/mol. The smallest absolute Gasteiger partial charge is 0.319 e. The minimum absolute atomic E-state index is 0.325. The van der Waals surface area contributed by atoms with Crippen molar-refractivity contribution in [1.82, 2.24) is 5.32 Å². The molecular weight excluding hydrogens is 324 g/mol. The van der Waals surface area contributed by atoms with E-state index in [4.69, 9.17) is 5.26 Å². The molecule has 2 aromatic carbocycles. The number of amides is 2. The number of hydrogen-bond acceptors (Lipinski definition) is 3.